The molecular formula is C41H45NO9. The fourth-order valence-electron chi connectivity index (χ4n) is 6.38. The maximum Gasteiger partial charge on any atom is 0.412 e. The molecule has 0 radical (unpaired) electrons. The second-order valence-electron chi connectivity index (χ2n) is 12.6. The number of amides is 1. The maximum atomic E-state index is 13.8. The van der Waals surface area contributed by atoms with Gasteiger partial charge in [-0.05, 0) is 35.1 Å². The van der Waals surface area contributed by atoms with Crippen LogP contribution in [0.3, 0.4) is 0 Å². The van der Waals surface area contributed by atoms with Gasteiger partial charge >= 0.3 is 12.1 Å². The third kappa shape index (κ3) is 10.0. The average Bonchev–Trinajstić information content (AvgIpc) is 3.68. The number of esters is 1. The Bertz CT molecular complexity index is 1630. The summed E-state index contributed by atoms with van der Waals surface area (Å²) in [6, 6.07) is 38.5. The molecule has 2 aliphatic heterocycles. The summed E-state index contributed by atoms with van der Waals surface area (Å²) in [7, 11) is 1.31. The summed E-state index contributed by atoms with van der Waals surface area (Å²) in [4.78, 5) is 27.8. The van der Waals surface area contributed by atoms with E-state index in [1.807, 2.05) is 121 Å². The van der Waals surface area contributed by atoms with Crippen molar-refractivity contribution in [3.8, 4) is 0 Å². The number of rotatable bonds is 15. The summed E-state index contributed by atoms with van der Waals surface area (Å²) in [5.41, 5.74) is 3.85. The zero-order valence-corrected chi connectivity index (χ0v) is 28.8. The van der Waals surface area contributed by atoms with Crippen LogP contribution in [-0.4, -0.2) is 74.0 Å². The van der Waals surface area contributed by atoms with Crippen LogP contribution in [0.25, 0.3) is 0 Å². The minimum Gasteiger partial charge on any atom is -0.467 e. The summed E-state index contributed by atoms with van der Waals surface area (Å²) >= 11 is 0. The van der Waals surface area contributed by atoms with Gasteiger partial charge in [0.05, 0.1) is 40.1 Å². The van der Waals surface area contributed by atoms with Crippen molar-refractivity contribution in [2.24, 2.45) is 0 Å². The van der Waals surface area contributed by atoms with E-state index in [1.54, 1.807) is 0 Å². The van der Waals surface area contributed by atoms with Crippen molar-refractivity contribution in [1.82, 2.24) is 4.90 Å². The first-order valence-corrected chi connectivity index (χ1v) is 17.4. The first-order chi connectivity index (χ1) is 25.1. The van der Waals surface area contributed by atoms with Crippen molar-refractivity contribution in [1.29, 1.82) is 0 Å². The molecule has 6 rings (SSSR count). The molecule has 0 spiro atoms. The molecule has 0 aliphatic carbocycles. The predicted molar refractivity (Wildman–Crippen MR) is 188 cm³/mol. The quantitative estimate of drug-likeness (QED) is 0.130. The highest BCUT2D eigenvalue weighted by Gasteiger charge is 2.51. The lowest BCUT2D eigenvalue weighted by atomic mass is 9.97. The predicted octanol–water partition coefficient (Wildman–Crippen LogP) is 6.46. The molecule has 10 heteroatoms. The minimum atomic E-state index is -1.22. The van der Waals surface area contributed by atoms with Crippen LogP contribution in [0.2, 0.25) is 0 Å². The molecule has 10 nitrogen and oxygen atoms in total. The normalized spacial score (nSPS) is 23.1. The van der Waals surface area contributed by atoms with E-state index in [0.717, 1.165) is 22.3 Å². The van der Waals surface area contributed by atoms with E-state index in [-0.39, 0.29) is 26.4 Å². The molecule has 0 N–H and O–H groups in total. The number of likely N-dealkylation sites (tertiary alicyclic amines) is 1. The second-order valence-corrected chi connectivity index (χ2v) is 12.6. The smallest absolute Gasteiger partial charge is 0.412 e. The summed E-state index contributed by atoms with van der Waals surface area (Å²) in [5, 5.41) is 0. The monoisotopic (exact) mass is 695 g/mol. The SMILES string of the molecule is COC(=O)[C@@H]1CCCN1C(=O)O[C@H]1O[C@H](COCc2ccccc2)[C@@H](OCc2ccccc2)[C@H](OCc2ccccc2)[C@@H]1OCc1ccccc1. The number of carbonyl (C=O) groups excluding carboxylic acids is 2. The fourth-order valence-corrected chi connectivity index (χ4v) is 6.38. The molecule has 1 amide bonds. The van der Waals surface area contributed by atoms with Crippen molar-refractivity contribution < 1.29 is 42.7 Å². The topological polar surface area (TPSA) is 102 Å². The molecule has 0 saturated carbocycles. The first kappa shape index (κ1) is 36.2. The van der Waals surface area contributed by atoms with Gasteiger partial charge in [-0.3, -0.25) is 4.90 Å². The number of methoxy groups -OCH3 is 1. The molecule has 51 heavy (non-hydrogen) atoms. The molecule has 2 saturated heterocycles. The third-order valence-corrected chi connectivity index (χ3v) is 9.02. The van der Waals surface area contributed by atoms with Crippen molar-refractivity contribution in [2.75, 3.05) is 20.3 Å². The van der Waals surface area contributed by atoms with Crippen LogP contribution in [0.5, 0.6) is 0 Å². The van der Waals surface area contributed by atoms with Crippen molar-refractivity contribution >= 4 is 12.1 Å². The Labute approximate surface area is 299 Å². The highest BCUT2D eigenvalue weighted by atomic mass is 16.7. The van der Waals surface area contributed by atoms with Gasteiger partial charge < -0.3 is 33.2 Å². The van der Waals surface area contributed by atoms with Crippen LogP contribution in [0.4, 0.5) is 4.79 Å². The van der Waals surface area contributed by atoms with Gasteiger partial charge in [0.25, 0.3) is 0 Å². The molecule has 0 unspecified atom stereocenters. The van der Waals surface area contributed by atoms with E-state index >= 15 is 0 Å². The van der Waals surface area contributed by atoms with Gasteiger partial charge in [-0.25, -0.2) is 9.59 Å². The average molecular weight is 696 g/mol. The lowest BCUT2D eigenvalue weighted by Crippen LogP contribution is -2.62. The van der Waals surface area contributed by atoms with Crippen LogP contribution in [0.15, 0.2) is 121 Å². The highest BCUT2D eigenvalue weighted by molar-refractivity contribution is 5.82. The summed E-state index contributed by atoms with van der Waals surface area (Å²) < 4.78 is 43.9. The number of nitrogens with zero attached hydrogens (tertiary/aromatic N) is 1. The summed E-state index contributed by atoms with van der Waals surface area (Å²) in [5.74, 6) is -0.489. The van der Waals surface area contributed by atoms with E-state index in [2.05, 4.69) is 0 Å². The van der Waals surface area contributed by atoms with Crippen LogP contribution in [-0.2, 0) is 64.4 Å². The largest absolute Gasteiger partial charge is 0.467 e. The zero-order valence-electron chi connectivity index (χ0n) is 28.8. The van der Waals surface area contributed by atoms with Gasteiger partial charge in [0, 0.05) is 6.54 Å². The number of ether oxygens (including phenoxy) is 7. The van der Waals surface area contributed by atoms with E-state index in [1.165, 1.54) is 12.0 Å². The zero-order chi connectivity index (χ0) is 35.3. The number of hydrogen-bond donors (Lipinski definition) is 0. The fraction of sp³-hybridized carbons (Fsp3) is 0.366. The van der Waals surface area contributed by atoms with Crippen LogP contribution < -0.4 is 0 Å². The lowest BCUT2D eigenvalue weighted by Gasteiger charge is -2.45. The number of hydrogen-bond acceptors (Lipinski definition) is 9. The first-order valence-electron chi connectivity index (χ1n) is 17.4. The molecule has 2 fully saturated rings. The molecule has 2 aliphatic rings. The molecule has 4 aromatic rings. The third-order valence-electron chi connectivity index (χ3n) is 9.02. The Morgan fingerprint density at radius 2 is 1.12 bits per heavy atom. The van der Waals surface area contributed by atoms with Gasteiger partial charge in [-0.15, -0.1) is 0 Å². The molecule has 4 aromatic carbocycles. The van der Waals surface area contributed by atoms with Crippen molar-refractivity contribution in [2.45, 2.75) is 76.0 Å². The summed E-state index contributed by atoms with van der Waals surface area (Å²) in [6.07, 6.45) is -3.87. The molecule has 0 bridgehead atoms. The summed E-state index contributed by atoms with van der Waals surface area (Å²) in [6.45, 7) is 1.53. The van der Waals surface area contributed by atoms with E-state index < -0.39 is 48.8 Å². The van der Waals surface area contributed by atoms with Gasteiger partial charge in [0.2, 0.25) is 6.29 Å². The van der Waals surface area contributed by atoms with E-state index in [0.29, 0.717) is 26.0 Å². The van der Waals surface area contributed by atoms with Gasteiger partial charge in [-0.1, -0.05) is 121 Å². The van der Waals surface area contributed by atoms with Gasteiger partial charge in [0.1, 0.15) is 30.5 Å². The Morgan fingerprint density at radius 1 is 0.647 bits per heavy atom. The lowest BCUT2D eigenvalue weighted by molar-refractivity contribution is -0.317. The molecule has 6 atom stereocenters. The number of carbonyl (C=O) groups is 2. The Hall–Kier alpha value is -4.58. The minimum absolute atomic E-state index is 0.119. The second kappa shape index (κ2) is 18.6. The Kier molecular flexibility index (Phi) is 13.2. The van der Waals surface area contributed by atoms with Gasteiger partial charge in [0.15, 0.2) is 0 Å². The molecular weight excluding hydrogens is 650 g/mol. The van der Waals surface area contributed by atoms with E-state index in [4.69, 9.17) is 33.2 Å². The molecule has 2 heterocycles. The van der Waals surface area contributed by atoms with Gasteiger partial charge in [-0.2, -0.15) is 0 Å². The Morgan fingerprint density at radius 3 is 1.63 bits per heavy atom. The van der Waals surface area contributed by atoms with Crippen LogP contribution >= 0.6 is 0 Å². The molecule has 268 valence electrons. The van der Waals surface area contributed by atoms with Crippen LogP contribution in [0, 0.1) is 0 Å². The Balaban J connectivity index is 1.32. The van der Waals surface area contributed by atoms with Crippen molar-refractivity contribution in [3.63, 3.8) is 0 Å². The number of benzene rings is 4. The standard InChI is InChI=1S/C41H45NO9/c1-45-39(43)34-23-14-24-42(34)41(44)51-40-38(49-28-33-21-12-5-13-22-33)37(48-27-32-19-10-4-11-20-32)36(47-26-31-17-8-3-9-18-31)35(50-40)29-46-25-30-15-6-2-7-16-30/h2-13,15-22,34-38,40H,14,23-29H2,1H3/t34-,35+,36+,37-,38-,40+/m0/s1. The van der Waals surface area contributed by atoms with Crippen molar-refractivity contribution in [3.05, 3.63) is 144 Å². The highest BCUT2D eigenvalue weighted by Crippen LogP contribution is 2.33. The molecule has 0 aromatic heterocycles. The maximum absolute atomic E-state index is 13.8. The van der Waals surface area contributed by atoms with Crippen LogP contribution in [0.1, 0.15) is 35.1 Å². The van der Waals surface area contributed by atoms with E-state index in [9.17, 15) is 9.59 Å².